The quantitative estimate of drug-likeness (QED) is 0.558. The second-order valence-electron chi connectivity index (χ2n) is 3.60. The molecule has 0 aliphatic carbocycles. The number of fused-ring (bicyclic) bond motifs is 1. The zero-order valence-electron chi connectivity index (χ0n) is 9.85. The molecule has 0 amide bonds. The largest absolute Gasteiger partial charge is 0.394 e. The van der Waals surface area contributed by atoms with Crippen molar-refractivity contribution in [3.8, 4) is 0 Å². The highest BCUT2D eigenvalue weighted by Crippen LogP contribution is 2.21. The molecule has 2 aromatic rings. The van der Waals surface area contributed by atoms with Gasteiger partial charge in [-0.25, -0.2) is 14.6 Å². The van der Waals surface area contributed by atoms with Crippen molar-refractivity contribution in [1.82, 2.24) is 19.7 Å². The summed E-state index contributed by atoms with van der Waals surface area (Å²) in [6.07, 6.45) is 4.23. The number of aromatic nitrogens is 4. The summed E-state index contributed by atoms with van der Waals surface area (Å²) in [4.78, 5) is 8.30. The average molecular weight is 270 g/mol. The number of hydrogen-bond donors (Lipinski definition) is 2. The van der Waals surface area contributed by atoms with Crippen LogP contribution in [0.2, 0.25) is 0 Å². The lowest BCUT2D eigenvalue weighted by Gasteiger charge is -2.08. The van der Waals surface area contributed by atoms with Crippen molar-refractivity contribution in [3.05, 3.63) is 12.5 Å². The van der Waals surface area contributed by atoms with Crippen LogP contribution in [0.5, 0.6) is 0 Å². The van der Waals surface area contributed by atoms with Gasteiger partial charge in [-0.2, -0.15) is 5.10 Å². The zero-order valence-corrected chi connectivity index (χ0v) is 10.7. The Morgan fingerprint density at radius 1 is 1.50 bits per heavy atom. The van der Waals surface area contributed by atoms with Crippen molar-refractivity contribution >= 4 is 22.8 Å². The van der Waals surface area contributed by atoms with E-state index in [9.17, 15) is 0 Å². The summed E-state index contributed by atoms with van der Waals surface area (Å²) < 4.78 is 6.82. The first kappa shape index (κ1) is 13.2. The molecule has 8 heteroatoms. The fraction of sp³-hybridized carbons (Fsp3) is 0.500. The Balaban J connectivity index is 2.10. The van der Waals surface area contributed by atoms with E-state index in [1.165, 1.54) is 18.1 Å². The third-order valence-corrected chi connectivity index (χ3v) is 3.04. The maximum Gasteiger partial charge on any atom is 0.164 e. The Kier molecular flexibility index (Phi) is 4.48. The van der Waals surface area contributed by atoms with E-state index in [4.69, 9.17) is 14.9 Å². The van der Waals surface area contributed by atoms with Crippen LogP contribution < -0.4 is 0 Å². The SMILES string of the molecule is CSc1ncnc2c1cnn2COC[C@@H](O)CO. The van der Waals surface area contributed by atoms with Crippen LogP contribution in [-0.4, -0.2) is 55.5 Å². The minimum absolute atomic E-state index is 0.0539. The van der Waals surface area contributed by atoms with Gasteiger partial charge in [0.1, 0.15) is 24.2 Å². The molecule has 1 atom stereocenters. The molecule has 0 radical (unpaired) electrons. The van der Waals surface area contributed by atoms with E-state index in [1.807, 2.05) is 6.26 Å². The van der Waals surface area contributed by atoms with E-state index in [0.717, 1.165) is 10.4 Å². The van der Waals surface area contributed by atoms with Gasteiger partial charge in [-0.05, 0) is 6.26 Å². The Hall–Kier alpha value is -1.22. The van der Waals surface area contributed by atoms with E-state index >= 15 is 0 Å². The summed E-state index contributed by atoms with van der Waals surface area (Å²) in [5.74, 6) is 0. The highest BCUT2D eigenvalue weighted by molar-refractivity contribution is 7.98. The first-order valence-corrected chi connectivity index (χ1v) is 6.56. The summed E-state index contributed by atoms with van der Waals surface area (Å²) in [7, 11) is 0. The third-order valence-electron chi connectivity index (χ3n) is 2.32. The molecular formula is C10H14N4O3S. The summed E-state index contributed by atoms with van der Waals surface area (Å²) in [6.45, 7) is -0.0949. The number of hydrogen-bond acceptors (Lipinski definition) is 7. The van der Waals surface area contributed by atoms with Gasteiger partial charge in [0.2, 0.25) is 0 Å². The fourth-order valence-corrected chi connectivity index (χ4v) is 1.97. The third kappa shape index (κ3) is 2.78. The lowest BCUT2D eigenvalue weighted by atomic mass is 10.4. The van der Waals surface area contributed by atoms with Crippen LogP contribution in [0, 0.1) is 0 Å². The van der Waals surface area contributed by atoms with Crippen LogP contribution in [0.25, 0.3) is 11.0 Å². The highest BCUT2D eigenvalue weighted by atomic mass is 32.2. The summed E-state index contributed by atoms with van der Waals surface area (Å²) in [6, 6.07) is 0. The van der Waals surface area contributed by atoms with E-state index in [0.29, 0.717) is 5.65 Å². The van der Waals surface area contributed by atoms with Crippen LogP contribution in [0.1, 0.15) is 0 Å². The van der Waals surface area contributed by atoms with E-state index < -0.39 is 6.10 Å². The minimum atomic E-state index is -0.872. The molecule has 0 saturated heterocycles. The molecule has 98 valence electrons. The molecule has 0 bridgehead atoms. The molecule has 0 spiro atoms. The molecule has 2 rings (SSSR count). The van der Waals surface area contributed by atoms with Crippen LogP contribution in [0.3, 0.4) is 0 Å². The fourth-order valence-electron chi connectivity index (χ4n) is 1.46. The number of nitrogens with zero attached hydrogens (tertiary/aromatic N) is 4. The predicted molar refractivity (Wildman–Crippen MR) is 66.1 cm³/mol. The molecule has 2 N–H and O–H groups in total. The monoisotopic (exact) mass is 270 g/mol. The van der Waals surface area contributed by atoms with Crippen LogP contribution in [-0.2, 0) is 11.5 Å². The smallest absolute Gasteiger partial charge is 0.164 e. The van der Waals surface area contributed by atoms with Gasteiger partial charge in [0.25, 0.3) is 0 Å². The number of ether oxygens (including phenoxy) is 1. The van der Waals surface area contributed by atoms with Gasteiger partial charge < -0.3 is 14.9 Å². The molecule has 2 aromatic heterocycles. The molecule has 0 saturated carbocycles. The molecule has 0 unspecified atom stereocenters. The predicted octanol–water partition coefficient (Wildman–Crippen LogP) is -0.125. The molecule has 0 aliphatic heterocycles. The Morgan fingerprint density at radius 3 is 3.06 bits per heavy atom. The number of aliphatic hydroxyl groups excluding tert-OH is 2. The van der Waals surface area contributed by atoms with Crippen molar-refractivity contribution in [2.24, 2.45) is 0 Å². The second kappa shape index (κ2) is 6.10. The van der Waals surface area contributed by atoms with Gasteiger partial charge in [0, 0.05) is 0 Å². The van der Waals surface area contributed by atoms with Gasteiger partial charge in [0.05, 0.1) is 24.8 Å². The van der Waals surface area contributed by atoms with Crippen LogP contribution in [0.15, 0.2) is 17.6 Å². The highest BCUT2D eigenvalue weighted by Gasteiger charge is 2.09. The lowest BCUT2D eigenvalue weighted by Crippen LogP contribution is -2.20. The topological polar surface area (TPSA) is 93.3 Å². The summed E-state index contributed by atoms with van der Waals surface area (Å²) in [5.41, 5.74) is 0.688. The zero-order chi connectivity index (χ0) is 13.0. The van der Waals surface area contributed by atoms with Crippen molar-refractivity contribution in [3.63, 3.8) is 0 Å². The maximum atomic E-state index is 9.15. The molecule has 7 nitrogen and oxygen atoms in total. The first-order valence-electron chi connectivity index (χ1n) is 5.33. The van der Waals surface area contributed by atoms with E-state index in [-0.39, 0.29) is 19.9 Å². The number of rotatable bonds is 6. The Labute approximate surface area is 108 Å². The van der Waals surface area contributed by atoms with Gasteiger partial charge in [-0.1, -0.05) is 0 Å². The second-order valence-corrected chi connectivity index (χ2v) is 4.40. The van der Waals surface area contributed by atoms with Gasteiger partial charge in [-0.3, -0.25) is 0 Å². The van der Waals surface area contributed by atoms with Crippen molar-refractivity contribution in [1.29, 1.82) is 0 Å². The van der Waals surface area contributed by atoms with Crippen LogP contribution in [0.4, 0.5) is 0 Å². The first-order chi connectivity index (χ1) is 8.76. The van der Waals surface area contributed by atoms with Crippen molar-refractivity contribution in [2.45, 2.75) is 17.9 Å². The summed E-state index contributed by atoms with van der Waals surface area (Å²) in [5, 5.41) is 23.7. The molecule has 0 aromatic carbocycles. The molecule has 0 fully saturated rings. The molecule has 2 heterocycles. The molecular weight excluding hydrogens is 256 g/mol. The lowest BCUT2D eigenvalue weighted by molar-refractivity contribution is -0.0194. The molecule has 0 aliphatic rings. The van der Waals surface area contributed by atoms with E-state index in [2.05, 4.69) is 15.1 Å². The van der Waals surface area contributed by atoms with Gasteiger partial charge >= 0.3 is 0 Å². The molecule has 18 heavy (non-hydrogen) atoms. The van der Waals surface area contributed by atoms with Gasteiger partial charge in [0.15, 0.2) is 5.65 Å². The van der Waals surface area contributed by atoms with Crippen molar-refractivity contribution in [2.75, 3.05) is 19.5 Å². The number of aliphatic hydroxyl groups is 2. The van der Waals surface area contributed by atoms with Crippen molar-refractivity contribution < 1.29 is 14.9 Å². The normalized spacial score (nSPS) is 13.1. The number of thioether (sulfide) groups is 1. The Morgan fingerprint density at radius 2 is 2.33 bits per heavy atom. The van der Waals surface area contributed by atoms with Gasteiger partial charge in [-0.15, -0.1) is 11.8 Å². The standard InChI is InChI=1S/C10H14N4O3S/c1-18-10-8-2-13-14(9(8)11-5-12-10)6-17-4-7(16)3-15/h2,5,7,15-16H,3-4,6H2,1H3/t7-/m0/s1. The minimum Gasteiger partial charge on any atom is -0.394 e. The Bertz CT molecular complexity index is 519. The maximum absolute atomic E-state index is 9.15. The summed E-state index contributed by atoms with van der Waals surface area (Å²) >= 11 is 1.53. The van der Waals surface area contributed by atoms with E-state index in [1.54, 1.807) is 10.9 Å². The average Bonchev–Trinajstić information content (AvgIpc) is 2.82. The van der Waals surface area contributed by atoms with Crippen LogP contribution >= 0.6 is 11.8 Å².